The molecule has 59 heavy (non-hydrogen) atoms. The Morgan fingerprint density at radius 3 is 1.68 bits per heavy atom. The lowest BCUT2D eigenvalue weighted by molar-refractivity contribution is 1.30. The Hall–Kier alpha value is -7.04. The van der Waals surface area contributed by atoms with Crippen LogP contribution in [0.3, 0.4) is 0 Å². The van der Waals surface area contributed by atoms with Crippen molar-refractivity contribution in [3.05, 3.63) is 212 Å². The SMILES string of the molecule is c1ccc(-c2cc(-c3ccc4sc5ccccc5c4c3)cc(N(c3ccc(-c4cc5ccccc5c5ccccc45)cc3)c3cccc4c3sc3ccccc34)c2)cc1. The normalized spacial score (nSPS) is 11.7. The largest absolute Gasteiger partial charge is 0.309 e. The Morgan fingerprint density at radius 1 is 0.288 bits per heavy atom. The molecule has 276 valence electrons. The van der Waals surface area contributed by atoms with E-state index >= 15 is 0 Å². The highest BCUT2D eigenvalue weighted by atomic mass is 32.1. The number of anilines is 3. The molecule has 0 aliphatic heterocycles. The molecule has 0 saturated carbocycles. The molecule has 12 aromatic rings. The maximum atomic E-state index is 2.48. The first-order chi connectivity index (χ1) is 29.2. The van der Waals surface area contributed by atoms with E-state index in [2.05, 4.69) is 217 Å². The maximum Gasteiger partial charge on any atom is 0.0640 e. The molecule has 0 aliphatic carbocycles. The van der Waals surface area contributed by atoms with Gasteiger partial charge in [-0.1, -0.05) is 146 Å². The third kappa shape index (κ3) is 5.73. The van der Waals surface area contributed by atoms with Gasteiger partial charge in [0.2, 0.25) is 0 Å². The second-order valence-electron chi connectivity index (χ2n) is 15.3. The first-order valence-electron chi connectivity index (χ1n) is 20.1. The van der Waals surface area contributed by atoms with Gasteiger partial charge in [-0.05, 0) is 122 Å². The van der Waals surface area contributed by atoms with Gasteiger partial charge in [-0.25, -0.2) is 0 Å². The fourth-order valence-electron chi connectivity index (χ4n) is 9.03. The Balaban J connectivity index is 1.09. The van der Waals surface area contributed by atoms with Crippen LogP contribution in [0.2, 0.25) is 0 Å². The summed E-state index contributed by atoms with van der Waals surface area (Å²) in [4.78, 5) is 2.48. The van der Waals surface area contributed by atoms with Crippen LogP contribution in [0.15, 0.2) is 212 Å². The maximum absolute atomic E-state index is 2.48. The third-order valence-electron chi connectivity index (χ3n) is 11.8. The van der Waals surface area contributed by atoms with Crippen molar-refractivity contribution >= 4 is 102 Å². The molecule has 10 aromatic carbocycles. The van der Waals surface area contributed by atoms with Gasteiger partial charge in [0.05, 0.1) is 10.4 Å². The molecule has 2 aromatic heterocycles. The fraction of sp³-hybridized carbons (Fsp3) is 0. The molecular formula is C56H35NS2. The molecule has 1 nitrogen and oxygen atoms in total. The predicted octanol–water partition coefficient (Wildman–Crippen LogP) is 17.2. The molecule has 0 atom stereocenters. The Bertz CT molecular complexity index is 3560. The molecule has 3 heteroatoms. The summed E-state index contributed by atoms with van der Waals surface area (Å²) in [6.07, 6.45) is 0. The Kier molecular flexibility index (Phi) is 7.97. The second-order valence-corrected chi connectivity index (χ2v) is 17.4. The zero-order chi connectivity index (χ0) is 38.9. The number of thiophene rings is 2. The van der Waals surface area contributed by atoms with E-state index in [9.17, 15) is 0 Å². The highest BCUT2D eigenvalue weighted by molar-refractivity contribution is 7.26. The summed E-state index contributed by atoms with van der Waals surface area (Å²) >= 11 is 3.74. The highest BCUT2D eigenvalue weighted by Crippen LogP contribution is 2.47. The molecule has 0 saturated heterocycles. The van der Waals surface area contributed by atoms with Crippen molar-refractivity contribution in [1.82, 2.24) is 0 Å². The highest BCUT2D eigenvalue weighted by Gasteiger charge is 2.21. The molecule has 0 bridgehead atoms. The van der Waals surface area contributed by atoms with Crippen LogP contribution >= 0.6 is 22.7 Å². The van der Waals surface area contributed by atoms with E-state index < -0.39 is 0 Å². The van der Waals surface area contributed by atoms with Crippen LogP contribution in [-0.2, 0) is 0 Å². The summed E-state index contributed by atoms with van der Waals surface area (Å²) in [7, 11) is 0. The topological polar surface area (TPSA) is 3.24 Å². The van der Waals surface area contributed by atoms with Crippen LogP contribution in [0.4, 0.5) is 17.1 Å². The minimum absolute atomic E-state index is 1.11. The molecule has 0 unspecified atom stereocenters. The summed E-state index contributed by atoms with van der Waals surface area (Å²) in [5, 5.41) is 10.3. The van der Waals surface area contributed by atoms with Crippen LogP contribution in [-0.4, -0.2) is 0 Å². The van der Waals surface area contributed by atoms with Gasteiger partial charge < -0.3 is 4.90 Å². The molecule has 0 aliphatic rings. The smallest absolute Gasteiger partial charge is 0.0640 e. The van der Waals surface area contributed by atoms with Crippen molar-refractivity contribution in [3.63, 3.8) is 0 Å². The summed E-state index contributed by atoms with van der Waals surface area (Å²) in [5.41, 5.74) is 10.6. The second kappa shape index (κ2) is 13.8. The van der Waals surface area contributed by atoms with Gasteiger partial charge in [-0.2, -0.15) is 0 Å². The number of rotatable bonds is 6. The van der Waals surface area contributed by atoms with E-state index in [1.165, 1.54) is 101 Å². The molecule has 2 heterocycles. The minimum atomic E-state index is 1.11. The van der Waals surface area contributed by atoms with E-state index in [0.717, 1.165) is 11.4 Å². The van der Waals surface area contributed by atoms with Gasteiger partial charge in [0, 0.05) is 47.0 Å². The first-order valence-corrected chi connectivity index (χ1v) is 21.7. The van der Waals surface area contributed by atoms with Crippen LogP contribution in [0, 0.1) is 0 Å². The minimum Gasteiger partial charge on any atom is -0.309 e. The van der Waals surface area contributed by atoms with Crippen LogP contribution < -0.4 is 4.90 Å². The van der Waals surface area contributed by atoms with Crippen molar-refractivity contribution in [1.29, 1.82) is 0 Å². The summed E-state index contributed by atoms with van der Waals surface area (Å²) in [5.74, 6) is 0. The Labute approximate surface area is 350 Å². The average Bonchev–Trinajstić information content (AvgIpc) is 3.88. The number of nitrogens with zero attached hydrogens (tertiary/aromatic N) is 1. The summed E-state index contributed by atoms with van der Waals surface area (Å²) in [6.45, 7) is 0. The van der Waals surface area contributed by atoms with E-state index in [-0.39, 0.29) is 0 Å². The van der Waals surface area contributed by atoms with Crippen molar-refractivity contribution in [2.75, 3.05) is 4.90 Å². The van der Waals surface area contributed by atoms with Gasteiger partial charge in [0.15, 0.2) is 0 Å². The molecule has 0 fully saturated rings. The molecule has 0 radical (unpaired) electrons. The van der Waals surface area contributed by atoms with E-state index in [0.29, 0.717) is 0 Å². The van der Waals surface area contributed by atoms with Gasteiger partial charge >= 0.3 is 0 Å². The molecule has 0 N–H and O–H groups in total. The van der Waals surface area contributed by atoms with Gasteiger partial charge in [-0.15, -0.1) is 22.7 Å². The van der Waals surface area contributed by atoms with Crippen LogP contribution in [0.1, 0.15) is 0 Å². The third-order valence-corrected chi connectivity index (χ3v) is 14.2. The standard InChI is InChI=1S/C56H35NS2/c1-2-13-36(14-3-1)40-31-41(38-27-30-55-51(34-38)48-20-9-10-23-53(48)58-55)33-43(32-40)57(52-22-12-21-49-47-19-8-11-24-54(47)59-56(49)52)42-28-25-37(26-29-42)50-35-39-15-4-5-16-44(39)45-17-6-7-18-46(45)50/h1-35H. The molecule has 0 spiro atoms. The van der Waals surface area contributed by atoms with Crippen molar-refractivity contribution in [2.24, 2.45) is 0 Å². The van der Waals surface area contributed by atoms with Gasteiger partial charge in [0.1, 0.15) is 0 Å². The Morgan fingerprint density at radius 2 is 0.881 bits per heavy atom. The number of hydrogen-bond donors (Lipinski definition) is 0. The van der Waals surface area contributed by atoms with Crippen LogP contribution in [0.5, 0.6) is 0 Å². The lowest BCUT2D eigenvalue weighted by Crippen LogP contribution is -2.10. The van der Waals surface area contributed by atoms with Crippen molar-refractivity contribution < 1.29 is 0 Å². The molecule has 12 rings (SSSR count). The lowest BCUT2D eigenvalue weighted by atomic mass is 9.93. The van der Waals surface area contributed by atoms with E-state index in [4.69, 9.17) is 0 Å². The predicted molar refractivity (Wildman–Crippen MR) is 258 cm³/mol. The fourth-order valence-corrected chi connectivity index (χ4v) is 11.3. The summed E-state index contributed by atoms with van der Waals surface area (Å²) in [6, 6.07) is 78.4. The average molecular weight is 786 g/mol. The van der Waals surface area contributed by atoms with E-state index in [1.54, 1.807) is 0 Å². The van der Waals surface area contributed by atoms with E-state index in [1.807, 2.05) is 22.7 Å². The quantitative estimate of drug-likeness (QED) is 0.152. The number of hydrogen-bond acceptors (Lipinski definition) is 3. The molecule has 0 amide bonds. The van der Waals surface area contributed by atoms with Gasteiger partial charge in [0.25, 0.3) is 0 Å². The lowest BCUT2D eigenvalue weighted by Gasteiger charge is -2.28. The summed E-state index contributed by atoms with van der Waals surface area (Å²) < 4.78 is 5.20. The zero-order valence-electron chi connectivity index (χ0n) is 32.0. The van der Waals surface area contributed by atoms with Crippen molar-refractivity contribution in [3.8, 4) is 33.4 Å². The molecular weight excluding hydrogens is 751 g/mol. The van der Waals surface area contributed by atoms with Crippen LogP contribution in [0.25, 0.3) is 95.3 Å². The zero-order valence-corrected chi connectivity index (χ0v) is 33.6. The monoisotopic (exact) mass is 785 g/mol. The number of benzene rings is 10. The first kappa shape index (κ1) is 34.0. The number of fused-ring (bicyclic) bond motifs is 9. The van der Waals surface area contributed by atoms with Crippen molar-refractivity contribution in [2.45, 2.75) is 0 Å². The van der Waals surface area contributed by atoms with Gasteiger partial charge in [-0.3, -0.25) is 0 Å².